The van der Waals surface area contributed by atoms with Crippen LogP contribution >= 0.6 is 0 Å². The quantitative estimate of drug-likeness (QED) is 0.772. The number of carbonyl (C=O) groups is 2. The molecule has 0 heterocycles. The van der Waals surface area contributed by atoms with Gasteiger partial charge in [-0.15, -0.1) is 0 Å². The minimum Gasteiger partial charge on any atom is -0.390 e. The third kappa shape index (κ3) is 2.20. The summed E-state index contributed by atoms with van der Waals surface area (Å²) >= 11 is 0. The summed E-state index contributed by atoms with van der Waals surface area (Å²) in [5, 5.41) is 20.3. The Morgan fingerprint density at radius 1 is 1.30 bits per heavy atom. The highest BCUT2D eigenvalue weighted by molar-refractivity contribution is 6.01. The molecule has 6 heteroatoms. The average Bonchev–Trinajstić information content (AvgIpc) is 2.95. The van der Waals surface area contributed by atoms with Crippen LogP contribution in [0.1, 0.15) is 39.5 Å². The van der Waals surface area contributed by atoms with Crippen LogP contribution in [0.4, 0.5) is 8.78 Å². The summed E-state index contributed by atoms with van der Waals surface area (Å²) in [5.41, 5.74) is -4.04. The lowest BCUT2D eigenvalue weighted by molar-refractivity contribution is -0.202. The summed E-state index contributed by atoms with van der Waals surface area (Å²) < 4.78 is 31.8. The van der Waals surface area contributed by atoms with Crippen molar-refractivity contribution in [1.29, 1.82) is 0 Å². The lowest BCUT2D eigenvalue weighted by atomic mass is 9.45. The van der Waals surface area contributed by atoms with E-state index in [-0.39, 0.29) is 35.9 Å². The zero-order valence-electron chi connectivity index (χ0n) is 15.6. The van der Waals surface area contributed by atoms with Crippen LogP contribution in [0.25, 0.3) is 0 Å². The maximum Gasteiger partial charge on any atom is 0.178 e. The Balaban J connectivity index is 1.81. The van der Waals surface area contributed by atoms with Crippen molar-refractivity contribution >= 4 is 11.6 Å². The van der Waals surface area contributed by atoms with E-state index in [1.807, 2.05) is 6.92 Å². The Bertz CT molecular complexity index is 761. The van der Waals surface area contributed by atoms with Crippen LogP contribution in [0, 0.1) is 28.6 Å². The van der Waals surface area contributed by atoms with Gasteiger partial charge in [0.1, 0.15) is 12.8 Å². The van der Waals surface area contributed by atoms with Crippen molar-refractivity contribution in [1.82, 2.24) is 0 Å². The minimum absolute atomic E-state index is 0.0860. The van der Waals surface area contributed by atoms with Gasteiger partial charge < -0.3 is 10.2 Å². The van der Waals surface area contributed by atoms with E-state index in [1.54, 1.807) is 6.92 Å². The van der Waals surface area contributed by atoms with Gasteiger partial charge in [-0.25, -0.2) is 8.78 Å². The van der Waals surface area contributed by atoms with E-state index in [4.69, 9.17) is 0 Å². The number of alkyl halides is 2. The highest BCUT2D eigenvalue weighted by atomic mass is 19.1. The molecule has 0 aliphatic heterocycles. The molecule has 0 aromatic rings. The van der Waals surface area contributed by atoms with Crippen LogP contribution in [0.15, 0.2) is 23.8 Å². The van der Waals surface area contributed by atoms with Crippen LogP contribution < -0.4 is 0 Å². The van der Waals surface area contributed by atoms with Crippen LogP contribution in [0.2, 0.25) is 0 Å². The number of ketones is 2. The van der Waals surface area contributed by atoms with Crippen LogP contribution in [-0.2, 0) is 9.59 Å². The molecular formula is C21H26F2O4. The van der Waals surface area contributed by atoms with Gasteiger partial charge >= 0.3 is 0 Å². The largest absolute Gasteiger partial charge is 0.390 e. The molecule has 148 valence electrons. The van der Waals surface area contributed by atoms with E-state index in [9.17, 15) is 19.8 Å². The first-order valence-electron chi connectivity index (χ1n) is 9.69. The first-order chi connectivity index (χ1) is 12.6. The molecule has 8 atom stereocenters. The highest BCUT2D eigenvalue weighted by Crippen LogP contribution is 2.69. The monoisotopic (exact) mass is 380 g/mol. The number of Topliss-reactive ketones (excluding diaryl/α,β-unsaturated/α-hetero) is 1. The molecule has 0 radical (unpaired) electrons. The number of carbonyl (C=O) groups excluding carboxylic acids is 2. The first-order valence-corrected chi connectivity index (χ1v) is 9.69. The lowest BCUT2D eigenvalue weighted by Crippen LogP contribution is -2.68. The van der Waals surface area contributed by atoms with Gasteiger partial charge in [0.15, 0.2) is 17.2 Å². The Kier molecular flexibility index (Phi) is 4.07. The number of aliphatic hydroxyl groups excluding tert-OH is 2. The Hall–Kier alpha value is -1.40. The lowest BCUT2D eigenvalue weighted by Gasteiger charge is -2.62. The van der Waals surface area contributed by atoms with E-state index in [1.165, 1.54) is 18.2 Å². The molecule has 4 rings (SSSR count). The fourth-order valence-corrected chi connectivity index (χ4v) is 6.84. The average molecular weight is 380 g/mol. The zero-order valence-corrected chi connectivity index (χ0v) is 15.6. The number of halogens is 2. The number of fused-ring (bicyclic) bond motifs is 5. The summed E-state index contributed by atoms with van der Waals surface area (Å²) in [6.07, 6.45) is 2.09. The normalized spacial score (nSPS) is 51.3. The SMILES string of the molecule is CC12C[C@H](O)[C@@]3(F)[C@@H](C[C@H](F)C4=CC(=O)C=C[C@@]43C)C1CCC2C(=O)CO. The molecule has 3 saturated carbocycles. The number of aliphatic hydroxyl groups is 2. The Labute approximate surface area is 157 Å². The molecule has 0 aromatic heterocycles. The molecule has 4 nitrogen and oxygen atoms in total. The predicted molar refractivity (Wildman–Crippen MR) is 94.2 cm³/mol. The van der Waals surface area contributed by atoms with Crippen molar-refractivity contribution in [3.05, 3.63) is 23.8 Å². The molecular weight excluding hydrogens is 354 g/mol. The molecule has 27 heavy (non-hydrogen) atoms. The molecule has 2 N–H and O–H groups in total. The van der Waals surface area contributed by atoms with Gasteiger partial charge in [-0.2, -0.15) is 0 Å². The fourth-order valence-electron chi connectivity index (χ4n) is 6.84. The number of allylic oxidation sites excluding steroid dienone is 4. The Morgan fingerprint density at radius 2 is 2.00 bits per heavy atom. The zero-order chi connectivity index (χ0) is 19.8. The first kappa shape index (κ1) is 18.9. The molecule has 0 spiro atoms. The summed E-state index contributed by atoms with van der Waals surface area (Å²) in [4.78, 5) is 24.0. The third-order valence-electron chi connectivity index (χ3n) is 8.17. The summed E-state index contributed by atoms with van der Waals surface area (Å²) in [6.45, 7) is 2.86. The van der Waals surface area contributed by atoms with E-state index in [0.29, 0.717) is 12.8 Å². The second-order valence-corrected chi connectivity index (χ2v) is 9.20. The Morgan fingerprint density at radius 3 is 2.67 bits per heavy atom. The van der Waals surface area contributed by atoms with Crippen molar-refractivity contribution in [2.24, 2.45) is 28.6 Å². The molecule has 0 aromatic carbocycles. The number of rotatable bonds is 2. The second-order valence-electron chi connectivity index (χ2n) is 9.20. The maximum absolute atomic E-state index is 16.7. The molecule has 3 fully saturated rings. The van der Waals surface area contributed by atoms with Crippen LogP contribution in [0.3, 0.4) is 0 Å². The van der Waals surface area contributed by atoms with Crippen molar-refractivity contribution in [2.75, 3.05) is 6.61 Å². The molecule has 4 aliphatic carbocycles. The van der Waals surface area contributed by atoms with Crippen LogP contribution in [-0.4, -0.2) is 46.3 Å². The molecule has 0 saturated heterocycles. The third-order valence-corrected chi connectivity index (χ3v) is 8.17. The van der Waals surface area contributed by atoms with Crippen molar-refractivity contribution in [3.8, 4) is 0 Å². The summed E-state index contributed by atoms with van der Waals surface area (Å²) in [7, 11) is 0. The van der Waals surface area contributed by atoms with E-state index < -0.39 is 47.2 Å². The minimum atomic E-state index is -2.10. The van der Waals surface area contributed by atoms with E-state index >= 15 is 8.78 Å². The number of hydrogen-bond donors (Lipinski definition) is 2. The standard InChI is InChI=1S/C21H26F2O4/c1-19-9-18(27)21(23)14(12(19)3-4-13(19)17(26)10-24)8-16(22)15-7-11(25)5-6-20(15,21)2/h5-7,12-14,16,18,24,27H,3-4,8-10H2,1-2H3/t12?,13?,14-,16-,18-,19?,20-,21-/m0/s1. The molecule has 0 bridgehead atoms. The second kappa shape index (κ2) is 5.80. The summed E-state index contributed by atoms with van der Waals surface area (Å²) in [5.74, 6) is -2.11. The maximum atomic E-state index is 16.7. The van der Waals surface area contributed by atoms with Gasteiger partial charge in [0, 0.05) is 17.3 Å². The fraction of sp³-hybridized carbons (Fsp3) is 0.714. The van der Waals surface area contributed by atoms with Crippen molar-refractivity contribution in [3.63, 3.8) is 0 Å². The van der Waals surface area contributed by atoms with Crippen molar-refractivity contribution < 1.29 is 28.6 Å². The number of hydrogen-bond acceptors (Lipinski definition) is 4. The van der Waals surface area contributed by atoms with Crippen molar-refractivity contribution in [2.45, 2.75) is 57.5 Å². The van der Waals surface area contributed by atoms with E-state index in [0.717, 1.165) is 0 Å². The topological polar surface area (TPSA) is 74.6 Å². The van der Waals surface area contributed by atoms with E-state index in [2.05, 4.69) is 0 Å². The predicted octanol–water partition coefficient (Wildman–Crippen LogP) is 2.48. The van der Waals surface area contributed by atoms with Gasteiger partial charge in [0.25, 0.3) is 0 Å². The molecule has 0 amide bonds. The van der Waals surface area contributed by atoms with Gasteiger partial charge in [0.2, 0.25) is 0 Å². The molecule has 4 aliphatic rings. The molecule has 3 unspecified atom stereocenters. The van der Waals surface area contributed by atoms with Gasteiger partial charge in [0.05, 0.1) is 6.10 Å². The van der Waals surface area contributed by atoms with Gasteiger partial charge in [-0.05, 0) is 61.7 Å². The smallest absolute Gasteiger partial charge is 0.178 e. The van der Waals surface area contributed by atoms with Gasteiger partial charge in [-0.1, -0.05) is 13.0 Å². The highest BCUT2D eigenvalue weighted by Gasteiger charge is 2.72. The van der Waals surface area contributed by atoms with Crippen LogP contribution in [0.5, 0.6) is 0 Å². The summed E-state index contributed by atoms with van der Waals surface area (Å²) in [6, 6.07) is 0. The van der Waals surface area contributed by atoms with Gasteiger partial charge in [-0.3, -0.25) is 9.59 Å².